The van der Waals surface area contributed by atoms with Crippen molar-refractivity contribution in [3.8, 4) is 0 Å². The smallest absolute Gasteiger partial charge is 0.0893 e. The van der Waals surface area contributed by atoms with Crippen molar-refractivity contribution >= 4 is 11.5 Å². The van der Waals surface area contributed by atoms with Crippen LogP contribution in [0.5, 0.6) is 0 Å². The van der Waals surface area contributed by atoms with Gasteiger partial charge in [-0.25, -0.2) is 0 Å². The summed E-state index contributed by atoms with van der Waals surface area (Å²) in [5, 5.41) is 9.41. The largest absolute Gasteiger partial charge is 0.304 e. The number of benzene rings is 1. The van der Waals surface area contributed by atoms with Gasteiger partial charge in [-0.1, -0.05) is 34.3 Å². The van der Waals surface area contributed by atoms with E-state index in [4.69, 9.17) is 0 Å². The monoisotopic (exact) mass is 233 g/mol. The number of nitrogens with one attached hydrogen (secondary N) is 1. The molecule has 1 aromatic carbocycles. The molecule has 1 atom stereocenters. The van der Waals surface area contributed by atoms with E-state index in [0.29, 0.717) is 6.04 Å². The number of aryl methyl sites for hydroxylation is 1. The molecule has 0 amide bonds. The molecule has 2 aromatic rings. The zero-order chi connectivity index (χ0) is 11.4. The van der Waals surface area contributed by atoms with Gasteiger partial charge in [-0.2, -0.15) is 0 Å². The van der Waals surface area contributed by atoms with Crippen LogP contribution in [-0.4, -0.2) is 9.59 Å². The van der Waals surface area contributed by atoms with E-state index in [1.165, 1.54) is 22.7 Å². The maximum absolute atomic E-state index is 4.01. The Hall–Kier alpha value is -1.26. The van der Waals surface area contributed by atoms with Crippen LogP contribution in [0.3, 0.4) is 0 Å². The van der Waals surface area contributed by atoms with Gasteiger partial charge in [0, 0.05) is 18.0 Å². The van der Waals surface area contributed by atoms with E-state index in [2.05, 4.69) is 53.0 Å². The number of rotatable bonds is 4. The quantitative estimate of drug-likeness (QED) is 0.882. The van der Waals surface area contributed by atoms with Crippen molar-refractivity contribution in [2.75, 3.05) is 0 Å². The lowest BCUT2D eigenvalue weighted by Gasteiger charge is -2.13. The normalized spacial score (nSPS) is 12.6. The molecule has 0 unspecified atom stereocenters. The first-order valence-corrected chi connectivity index (χ1v) is 6.15. The summed E-state index contributed by atoms with van der Waals surface area (Å²) in [7, 11) is 0. The molecule has 1 aromatic heterocycles. The standard InChI is InChI=1S/C12H15N3S/c1-9-4-3-5-11(6-9)10(2)13-7-12-8-16-15-14-12/h3-6,8,10,13H,7H2,1-2H3/t10-/m0/s1. The molecule has 0 bridgehead atoms. The molecule has 0 saturated carbocycles. The number of nitrogens with zero attached hydrogens (tertiary/aromatic N) is 2. The fraction of sp³-hybridized carbons (Fsp3) is 0.333. The molecular weight excluding hydrogens is 218 g/mol. The molecule has 84 valence electrons. The van der Waals surface area contributed by atoms with Crippen LogP contribution in [0.4, 0.5) is 0 Å². The second-order valence-corrected chi connectivity index (χ2v) is 4.52. The van der Waals surface area contributed by atoms with Crippen molar-refractivity contribution in [2.24, 2.45) is 0 Å². The van der Waals surface area contributed by atoms with Gasteiger partial charge in [-0.05, 0) is 30.9 Å². The molecule has 0 spiro atoms. The first-order valence-electron chi connectivity index (χ1n) is 5.31. The van der Waals surface area contributed by atoms with E-state index in [0.717, 1.165) is 12.2 Å². The van der Waals surface area contributed by atoms with Gasteiger partial charge in [-0.15, -0.1) is 5.10 Å². The second kappa shape index (κ2) is 5.18. The molecule has 0 radical (unpaired) electrons. The fourth-order valence-electron chi connectivity index (χ4n) is 1.58. The van der Waals surface area contributed by atoms with Crippen molar-refractivity contribution in [2.45, 2.75) is 26.4 Å². The molecule has 0 fully saturated rings. The van der Waals surface area contributed by atoms with E-state index in [1.807, 2.05) is 5.38 Å². The summed E-state index contributed by atoms with van der Waals surface area (Å²) in [6.45, 7) is 5.04. The summed E-state index contributed by atoms with van der Waals surface area (Å²) in [4.78, 5) is 0. The number of hydrogen-bond donors (Lipinski definition) is 1. The lowest BCUT2D eigenvalue weighted by molar-refractivity contribution is 0.567. The van der Waals surface area contributed by atoms with Crippen LogP contribution < -0.4 is 5.32 Å². The predicted molar refractivity (Wildman–Crippen MR) is 66.3 cm³/mol. The van der Waals surface area contributed by atoms with Gasteiger partial charge < -0.3 is 5.32 Å². The molecule has 3 nitrogen and oxygen atoms in total. The van der Waals surface area contributed by atoms with Gasteiger partial charge in [-0.3, -0.25) is 0 Å². The zero-order valence-electron chi connectivity index (χ0n) is 9.47. The molecule has 0 aliphatic carbocycles. The topological polar surface area (TPSA) is 37.8 Å². The number of aromatic nitrogens is 2. The van der Waals surface area contributed by atoms with Gasteiger partial charge in [0.1, 0.15) is 0 Å². The van der Waals surface area contributed by atoms with Crippen molar-refractivity contribution in [3.05, 3.63) is 46.5 Å². The summed E-state index contributed by atoms with van der Waals surface area (Å²) in [5.74, 6) is 0. The van der Waals surface area contributed by atoms with E-state index < -0.39 is 0 Å². The summed E-state index contributed by atoms with van der Waals surface area (Å²) < 4.78 is 3.84. The highest BCUT2D eigenvalue weighted by atomic mass is 32.1. The zero-order valence-corrected chi connectivity index (χ0v) is 10.3. The maximum Gasteiger partial charge on any atom is 0.0893 e. The van der Waals surface area contributed by atoms with Gasteiger partial charge in [0.15, 0.2) is 0 Å². The Morgan fingerprint density at radius 1 is 1.44 bits per heavy atom. The third kappa shape index (κ3) is 2.87. The Balaban J connectivity index is 1.95. The Morgan fingerprint density at radius 2 is 2.31 bits per heavy atom. The molecular formula is C12H15N3S. The Morgan fingerprint density at radius 3 is 3.00 bits per heavy atom. The number of hydrogen-bond acceptors (Lipinski definition) is 4. The first-order chi connectivity index (χ1) is 7.75. The van der Waals surface area contributed by atoms with Crippen molar-refractivity contribution in [1.29, 1.82) is 0 Å². The van der Waals surface area contributed by atoms with Crippen LogP contribution in [0.1, 0.15) is 29.8 Å². The van der Waals surface area contributed by atoms with E-state index in [9.17, 15) is 0 Å². The van der Waals surface area contributed by atoms with Crippen LogP contribution in [0.25, 0.3) is 0 Å². The van der Waals surface area contributed by atoms with Crippen LogP contribution in [0, 0.1) is 6.92 Å². The predicted octanol–water partition coefficient (Wildman–Crippen LogP) is 2.70. The van der Waals surface area contributed by atoms with E-state index in [1.54, 1.807) is 0 Å². The van der Waals surface area contributed by atoms with E-state index >= 15 is 0 Å². The SMILES string of the molecule is Cc1cccc([C@H](C)NCc2csnn2)c1. The minimum Gasteiger partial charge on any atom is -0.304 e. The third-order valence-corrected chi connectivity index (χ3v) is 3.09. The van der Waals surface area contributed by atoms with Crippen LogP contribution in [0.15, 0.2) is 29.6 Å². The minimum atomic E-state index is 0.335. The summed E-state index contributed by atoms with van der Waals surface area (Å²) in [6, 6.07) is 8.89. The lowest BCUT2D eigenvalue weighted by Crippen LogP contribution is -2.18. The summed E-state index contributed by atoms with van der Waals surface area (Å²) in [6.07, 6.45) is 0. The summed E-state index contributed by atoms with van der Waals surface area (Å²) in [5.41, 5.74) is 3.61. The second-order valence-electron chi connectivity index (χ2n) is 3.91. The van der Waals surface area contributed by atoms with Gasteiger partial charge in [0.05, 0.1) is 5.69 Å². The van der Waals surface area contributed by atoms with E-state index in [-0.39, 0.29) is 0 Å². The van der Waals surface area contributed by atoms with Crippen molar-refractivity contribution in [3.63, 3.8) is 0 Å². The molecule has 2 rings (SSSR count). The van der Waals surface area contributed by atoms with Gasteiger partial charge in [0.25, 0.3) is 0 Å². The maximum atomic E-state index is 4.01. The molecule has 1 heterocycles. The van der Waals surface area contributed by atoms with Crippen LogP contribution >= 0.6 is 11.5 Å². The Bertz CT molecular complexity index is 439. The lowest BCUT2D eigenvalue weighted by atomic mass is 10.1. The van der Waals surface area contributed by atoms with Crippen LogP contribution in [0.2, 0.25) is 0 Å². The minimum absolute atomic E-state index is 0.335. The first kappa shape index (κ1) is 11.2. The van der Waals surface area contributed by atoms with Crippen LogP contribution in [-0.2, 0) is 6.54 Å². The molecule has 0 aliphatic rings. The fourth-order valence-corrected chi connectivity index (χ4v) is 2.03. The highest BCUT2D eigenvalue weighted by Gasteiger charge is 2.05. The third-order valence-electron chi connectivity index (χ3n) is 2.54. The molecule has 16 heavy (non-hydrogen) atoms. The highest BCUT2D eigenvalue weighted by molar-refractivity contribution is 7.03. The van der Waals surface area contributed by atoms with Crippen molar-refractivity contribution < 1.29 is 0 Å². The van der Waals surface area contributed by atoms with Crippen molar-refractivity contribution in [1.82, 2.24) is 14.9 Å². The molecule has 0 saturated heterocycles. The van der Waals surface area contributed by atoms with Gasteiger partial charge in [0.2, 0.25) is 0 Å². The average Bonchev–Trinajstić information content (AvgIpc) is 2.78. The highest BCUT2D eigenvalue weighted by Crippen LogP contribution is 2.14. The Kier molecular flexibility index (Phi) is 3.64. The molecule has 4 heteroatoms. The summed E-state index contributed by atoms with van der Waals surface area (Å²) >= 11 is 1.39. The molecule has 1 N–H and O–H groups in total. The average molecular weight is 233 g/mol. The molecule has 0 aliphatic heterocycles. The Labute approximate surface area is 99.7 Å². The van der Waals surface area contributed by atoms with Gasteiger partial charge >= 0.3 is 0 Å².